The van der Waals surface area contributed by atoms with Crippen LogP contribution >= 0.6 is 0 Å². The van der Waals surface area contributed by atoms with Crippen LogP contribution in [0.5, 0.6) is 0 Å². The van der Waals surface area contributed by atoms with Gasteiger partial charge in [0, 0.05) is 12.5 Å². The van der Waals surface area contributed by atoms with E-state index in [0.717, 1.165) is 30.1 Å². The summed E-state index contributed by atoms with van der Waals surface area (Å²) < 4.78 is 0. The van der Waals surface area contributed by atoms with Crippen LogP contribution in [0.15, 0.2) is 0 Å². The molecule has 3 rings (SSSR count). The summed E-state index contributed by atoms with van der Waals surface area (Å²) in [5.74, 6) is 2.47. The van der Waals surface area contributed by atoms with Crippen molar-refractivity contribution in [1.82, 2.24) is 25.5 Å². The van der Waals surface area contributed by atoms with Crippen molar-refractivity contribution >= 4 is 0 Å². The molecule has 18 heavy (non-hydrogen) atoms. The third kappa shape index (κ3) is 3.07. The van der Waals surface area contributed by atoms with E-state index in [0.29, 0.717) is 0 Å². The molecule has 5 nitrogen and oxygen atoms in total. The number of hydrogen-bond donors (Lipinski definition) is 1. The van der Waals surface area contributed by atoms with Crippen molar-refractivity contribution in [2.24, 2.45) is 18.9 Å². The fourth-order valence-corrected chi connectivity index (χ4v) is 3.07. The number of rotatable bonds is 5. The maximum atomic E-state index is 4.32. The topological polar surface area (TPSA) is 55.6 Å². The molecule has 2 unspecified atom stereocenters. The first-order valence-electron chi connectivity index (χ1n) is 7.27. The summed E-state index contributed by atoms with van der Waals surface area (Å²) in [5.41, 5.74) is 0. The number of nitrogens with one attached hydrogen (secondary N) is 1. The number of nitrogens with zero attached hydrogens (tertiary/aromatic N) is 4. The van der Waals surface area contributed by atoms with E-state index in [4.69, 9.17) is 0 Å². The van der Waals surface area contributed by atoms with Gasteiger partial charge in [0.2, 0.25) is 0 Å². The van der Waals surface area contributed by atoms with Crippen LogP contribution in [-0.2, 0) is 13.5 Å². The van der Waals surface area contributed by atoms with Crippen molar-refractivity contribution in [2.45, 2.75) is 51.0 Å². The van der Waals surface area contributed by atoms with E-state index in [2.05, 4.69) is 20.7 Å². The SMILES string of the molecule is Cn1nnc(CC2CCCCC2CNC2CC2)n1. The molecule has 0 aliphatic heterocycles. The average molecular weight is 249 g/mol. The van der Waals surface area contributed by atoms with E-state index in [1.165, 1.54) is 45.1 Å². The fraction of sp³-hybridized carbons (Fsp3) is 0.923. The molecule has 2 saturated carbocycles. The molecule has 1 N–H and O–H groups in total. The van der Waals surface area contributed by atoms with Gasteiger partial charge in [0.05, 0.1) is 7.05 Å². The van der Waals surface area contributed by atoms with Crippen LogP contribution in [-0.4, -0.2) is 32.8 Å². The summed E-state index contributed by atoms with van der Waals surface area (Å²) in [4.78, 5) is 1.57. The maximum Gasteiger partial charge on any atom is 0.175 e. The lowest BCUT2D eigenvalue weighted by molar-refractivity contribution is 0.225. The zero-order valence-electron chi connectivity index (χ0n) is 11.2. The Balaban J connectivity index is 1.56. The van der Waals surface area contributed by atoms with E-state index >= 15 is 0 Å². The molecule has 2 aliphatic carbocycles. The number of hydrogen-bond acceptors (Lipinski definition) is 4. The Morgan fingerprint density at radius 1 is 1.17 bits per heavy atom. The molecule has 5 heteroatoms. The molecule has 0 bridgehead atoms. The third-order valence-electron chi connectivity index (χ3n) is 4.31. The molecule has 1 aromatic rings. The molecule has 2 fully saturated rings. The van der Waals surface area contributed by atoms with Gasteiger partial charge in [0.25, 0.3) is 0 Å². The van der Waals surface area contributed by atoms with Crippen LogP contribution in [0.3, 0.4) is 0 Å². The second-order valence-corrected chi connectivity index (χ2v) is 5.89. The smallest absolute Gasteiger partial charge is 0.175 e. The third-order valence-corrected chi connectivity index (χ3v) is 4.31. The molecule has 1 heterocycles. The second-order valence-electron chi connectivity index (χ2n) is 5.89. The minimum atomic E-state index is 0.745. The van der Waals surface area contributed by atoms with E-state index in [1.54, 1.807) is 4.80 Å². The van der Waals surface area contributed by atoms with Gasteiger partial charge < -0.3 is 5.32 Å². The first kappa shape index (κ1) is 12.1. The zero-order valence-corrected chi connectivity index (χ0v) is 11.2. The molecular weight excluding hydrogens is 226 g/mol. The molecule has 100 valence electrons. The highest BCUT2D eigenvalue weighted by Gasteiger charge is 2.28. The summed E-state index contributed by atoms with van der Waals surface area (Å²) in [6.07, 6.45) is 9.21. The van der Waals surface area contributed by atoms with Crippen molar-refractivity contribution in [3.63, 3.8) is 0 Å². The minimum absolute atomic E-state index is 0.745. The Morgan fingerprint density at radius 3 is 2.61 bits per heavy atom. The van der Waals surface area contributed by atoms with E-state index in [1.807, 2.05) is 7.05 Å². The first-order chi connectivity index (χ1) is 8.81. The van der Waals surface area contributed by atoms with Gasteiger partial charge in [0.15, 0.2) is 5.82 Å². The van der Waals surface area contributed by atoms with Gasteiger partial charge in [-0.1, -0.05) is 12.8 Å². The molecule has 0 amide bonds. The van der Waals surface area contributed by atoms with Crippen molar-refractivity contribution in [2.75, 3.05) is 6.54 Å². The van der Waals surface area contributed by atoms with E-state index < -0.39 is 0 Å². The quantitative estimate of drug-likeness (QED) is 0.855. The lowest BCUT2D eigenvalue weighted by Crippen LogP contribution is -2.32. The monoisotopic (exact) mass is 249 g/mol. The Bertz CT molecular complexity index is 384. The maximum absolute atomic E-state index is 4.32. The van der Waals surface area contributed by atoms with Crippen molar-refractivity contribution in [1.29, 1.82) is 0 Å². The summed E-state index contributed by atoms with van der Waals surface area (Å²) in [6, 6.07) is 0.821. The summed E-state index contributed by atoms with van der Waals surface area (Å²) >= 11 is 0. The Kier molecular flexibility index (Phi) is 3.59. The largest absolute Gasteiger partial charge is 0.314 e. The van der Waals surface area contributed by atoms with Gasteiger partial charge in [-0.15, -0.1) is 10.2 Å². The highest BCUT2D eigenvalue weighted by atomic mass is 15.6. The Morgan fingerprint density at radius 2 is 1.94 bits per heavy atom. The molecule has 2 aliphatic rings. The average Bonchev–Trinajstić information content (AvgIpc) is 3.12. The van der Waals surface area contributed by atoms with Crippen molar-refractivity contribution in [3.8, 4) is 0 Å². The highest BCUT2D eigenvalue weighted by Crippen LogP contribution is 2.32. The molecule has 0 aromatic carbocycles. The van der Waals surface area contributed by atoms with Gasteiger partial charge in [-0.05, 0) is 49.3 Å². The van der Waals surface area contributed by atoms with Gasteiger partial charge >= 0.3 is 0 Å². The predicted octanol–water partition coefficient (Wildman–Crippen LogP) is 1.31. The summed E-state index contributed by atoms with van der Waals surface area (Å²) in [7, 11) is 1.84. The van der Waals surface area contributed by atoms with Crippen LogP contribution in [0.25, 0.3) is 0 Å². The van der Waals surface area contributed by atoms with Crippen molar-refractivity contribution in [3.05, 3.63) is 5.82 Å². The van der Waals surface area contributed by atoms with E-state index in [9.17, 15) is 0 Å². The van der Waals surface area contributed by atoms with Gasteiger partial charge in [0.1, 0.15) is 0 Å². The molecule has 0 radical (unpaired) electrons. The Hall–Kier alpha value is -0.970. The molecule has 2 atom stereocenters. The Labute approximate surface area is 108 Å². The van der Waals surface area contributed by atoms with Crippen LogP contribution < -0.4 is 5.32 Å². The molecule has 1 aromatic heterocycles. The molecular formula is C13H23N5. The molecule has 0 saturated heterocycles. The van der Waals surface area contributed by atoms with Crippen LogP contribution in [0, 0.1) is 11.8 Å². The predicted molar refractivity (Wildman–Crippen MR) is 69.0 cm³/mol. The zero-order chi connectivity index (χ0) is 12.4. The first-order valence-corrected chi connectivity index (χ1v) is 7.27. The number of aromatic nitrogens is 4. The lowest BCUT2D eigenvalue weighted by atomic mass is 9.77. The lowest BCUT2D eigenvalue weighted by Gasteiger charge is -2.31. The van der Waals surface area contributed by atoms with Gasteiger partial charge in [-0.25, -0.2) is 0 Å². The highest BCUT2D eigenvalue weighted by molar-refractivity contribution is 4.89. The standard InChI is InChI=1S/C13H23N5/c1-18-16-13(15-17-18)8-10-4-2-3-5-11(10)9-14-12-6-7-12/h10-12,14H,2-9H2,1H3. The fourth-order valence-electron chi connectivity index (χ4n) is 3.07. The van der Waals surface area contributed by atoms with Gasteiger partial charge in [-0.2, -0.15) is 4.80 Å². The van der Waals surface area contributed by atoms with Crippen LogP contribution in [0.4, 0.5) is 0 Å². The van der Waals surface area contributed by atoms with E-state index in [-0.39, 0.29) is 0 Å². The van der Waals surface area contributed by atoms with Crippen LogP contribution in [0.2, 0.25) is 0 Å². The normalized spacial score (nSPS) is 28.5. The summed E-state index contributed by atoms with van der Waals surface area (Å²) in [5, 5.41) is 16.1. The number of aryl methyl sites for hydroxylation is 1. The van der Waals surface area contributed by atoms with Crippen molar-refractivity contribution < 1.29 is 0 Å². The minimum Gasteiger partial charge on any atom is -0.314 e. The van der Waals surface area contributed by atoms with Crippen LogP contribution in [0.1, 0.15) is 44.3 Å². The van der Waals surface area contributed by atoms with Gasteiger partial charge in [-0.3, -0.25) is 0 Å². The number of tetrazole rings is 1. The second kappa shape index (κ2) is 5.34. The summed E-state index contributed by atoms with van der Waals surface area (Å²) in [6.45, 7) is 1.19. The molecule has 0 spiro atoms.